The maximum Gasteiger partial charge on any atom is 0.653 e. The van der Waals surface area contributed by atoms with Gasteiger partial charge >= 0.3 is 25.7 Å². The first-order chi connectivity index (χ1) is 7.86. The molecule has 0 amide bonds. The highest BCUT2D eigenvalue weighted by Crippen LogP contribution is 2.50. The molecular weight excluding hydrogens is 596 g/mol. The molecule has 7 nitrogen and oxygen atoms in total. The van der Waals surface area contributed by atoms with E-state index >= 15 is 0 Å². The van der Waals surface area contributed by atoms with Gasteiger partial charge in [-0.15, -0.1) is 0 Å². The van der Waals surface area contributed by atoms with Crippen LogP contribution >= 0.6 is 75.6 Å². The van der Waals surface area contributed by atoms with E-state index in [0.29, 0.717) is 0 Å². The predicted octanol–water partition coefficient (Wildman–Crippen LogP) is 2.03. The Morgan fingerprint density at radius 3 is 1.18 bits per heavy atom. The van der Waals surface area contributed by atoms with Crippen molar-refractivity contribution in [1.29, 1.82) is 0 Å². The molecule has 0 spiro atoms. The lowest BCUT2D eigenvalue weighted by Crippen LogP contribution is -2.15. The monoisotopic (exact) mass is 602 g/mol. The van der Waals surface area contributed by atoms with Gasteiger partial charge in [0.1, 0.15) is 0 Å². The highest BCUT2D eigenvalue weighted by Gasteiger charge is 2.38. The predicted molar refractivity (Wildman–Crippen MR) is 82.5 cm³/mol. The first-order valence-electron chi connectivity index (χ1n) is 3.82. The topological polar surface area (TPSA) is 96.0 Å². The van der Waals surface area contributed by atoms with Gasteiger partial charge < -0.3 is 13.6 Å². The second-order valence-corrected chi connectivity index (χ2v) is 5.97. The third-order valence-electron chi connectivity index (χ3n) is 0.968. The van der Waals surface area contributed by atoms with Gasteiger partial charge in [-0.05, 0) is 0 Å². The quantitative estimate of drug-likeness (QED) is 0.261. The Morgan fingerprint density at radius 1 is 0.765 bits per heavy atom. The minimum atomic E-state index is -4.50. The fourth-order valence-corrected chi connectivity index (χ4v) is 2.76. The summed E-state index contributed by atoms with van der Waals surface area (Å²) in [5.74, 6) is -2.72. The van der Waals surface area contributed by atoms with E-state index in [0.717, 1.165) is 0 Å². The number of carbonyl (C=O) groups excluding carboxylic acids is 3. The molecule has 0 aliphatic carbocycles. The normalized spacial score (nSPS) is 10.5. The van der Waals surface area contributed by atoms with Crippen molar-refractivity contribution in [2.45, 2.75) is 0 Å². The summed E-state index contributed by atoms with van der Waals surface area (Å²) in [7, 11) is -4.50. The van der Waals surface area contributed by atoms with Crippen molar-refractivity contribution in [3.05, 3.63) is 0 Å². The Balaban J connectivity index is 4.80. The van der Waals surface area contributed by atoms with Gasteiger partial charge in [0.05, 0.1) is 13.3 Å². The number of rotatable bonds is 6. The van der Waals surface area contributed by atoms with Crippen molar-refractivity contribution in [2.75, 3.05) is 13.3 Å². The smallest absolute Gasteiger partial charge is 0.351 e. The molecule has 0 aromatic rings. The van der Waals surface area contributed by atoms with E-state index in [9.17, 15) is 18.9 Å². The lowest BCUT2D eigenvalue weighted by Gasteiger charge is -2.14. The number of phosphoric ester groups is 1. The van der Waals surface area contributed by atoms with Crippen LogP contribution in [-0.2, 0) is 32.5 Å². The van der Waals surface area contributed by atoms with Gasteiger partial charge in [0.15, 0.2) is 0 Å². The number of phosphoric acid groups is 1. The van der Waals surface area contributed by atoms with E-state index in [1.807, 2.05) is 0 Å². The van der Waals surface area contributed by atoms with Gasteiger partial charge in [-0.3, -0.25) is 14.4 Å². The van der Waals surface area contributed by atoms with Crippen LogP contribution < -0.4 is 0 Å². The molecule has 0 rings (SSSR count). The van der Waals surface area contributed by atoms with Crippen LogP contribution in [0.2, 0.25) is 0 Å². The Hall–Kier alpha value is 0.830. The van der Waals surface area contributed by atoms with Crippen LogP contribution in [0.15, 0.2) is 0 Å². The number of hydrogen-bond acceptors (Lipinski definition) is 7. The van der Waals surface area contributed by atoms with Crippen molar-refractivity contribution >= 4 is 93.5 Å². The van der Waals surface area contributed by atoms with Crippen molar-refractivity contribution in [1.82, 2.24) is 0 Å². The van der Waals surface area contributed by atoms with Crippen LogP contribution in [0.5, 0.6) is 0 Å². The summed E-state index contributed by atoms with van der Waals surface area (Å²) in [5, 5.41) is 0. The Morgan fingerprint density at radius 2 is 1.00 bits per heavy atom. The zero-order valence-electron chi connectivity index (χ0n) is 8.06. The highest BCUT2D eigenvalue weighted by molar-refractivity contribution is 14.1. The molecule has 0 aliphatic rings. The van der Waals surface area contributed by atoms with Crippen LogP contribution in [0.25, 0.3) is 0 Å². The second kappa shape index (κ2) is 8.85. The molecule has 0 radical (unpaired) electrons. The molecule has 0 aliphatic heterocycles. The van der Waals surface area contributed by atoms with Gasteiger partial charge in [0.25, 0.3) is 0 Å². The Kier molecular flexibility index (Phi) is 9.28. The molecule has 0 atom stereocenters. The van der Waals surface area contributed by atoms with Crippen molar-refractivity contribution in [3.8, 4) is 0 Å². The Bertz CT molecular complexity index is 305. The third-order valence-corrected chi connectivity index (χ3v) is 4.12. The molecule has 0 aromatic carbocycles. The van der Waals surface area contributed by atoms with Gasteiger partial charge in [-0.1, -0.05) is 67.8 Å². The minimum absolute atomic E-state index is 0.120. The summed E-state index contributed by atoms with van der Waals surface area (Å²) in [5.41, 5.74) is 0. The fourth-order valence-electron chi connectivity index (χ4n) is 0.503. The lowest BCUT2D eigenvalue weighted by atomic mass is 10.8. The largest absolute Gasteiger partial charge is 0.653 e. The molecule has 0 saturated carbocycles. The van der Waals surface area contributed by atoms with Crippen molar-refractivity contribution in [3.63, 3.8) is 0 Å². The van der Waals surface area contributed by atoms with Gasteiger partial charge in [0.2, 0.25) is 0 Å². The van der Waals surface area contributed by atoms with E-state index in [1.165, 1.54) is 0 Å². The number of alkyl halides is 3. The highest BCUT2D eigenvalue weighted by atomic mass is 127. The number of hydrogen-bond donors (Lipinski definition) is 0. The Labute approximate surface area is 138 Å². The molecule has 0 bridgehead atoms. The lowest BCUT2D eigenvalue weighted by molar-refractivity contribution is -0.140. The molecule has 98 valence electrons. The number of carbonyl (C=O) groups is 3. The molecule has 11 heteroatoms. The van der Waals surface area contributed by atoms with Gasteiger partial charge in [-0.2, -0.15) is 4.57 Å². The van der Waals surface area contributed by atoms with Gasteiger partial charge in [-0.25, -0.2) is 0 Å². The van der Waals surface area contributed by atoms with E-state index in [1.54, 1.807) is 67.8 Å². The fraction of sp³-hybridized carbons (Fsp3) is 0.500. The standard InChI is InChI=1S/C6H6I3O7P/c7-1-4(10)14-17(13,15-5(11)2-8)16-6(12)3-9/h1-3H2. The molecule has 0 saturated heterocycles. The molecule has 0 heterocycles. The SMILES string of the molecule is O=C(CI)OP(=O)(OC(=O)CI)OC(=O)CI. The molecule has 0 aromatic heterocycles. The van der Waals surface area contributed by atoms with E-state index in [-0.39, 0.29) is 13.3 Å². The van der Waals surface area contributed by atoms with Gasteiger partial charge in [0, 0.05) is 0 Å². The van der Waals surface area contributed by atoms with Crippen molar-refractivity contribution < 1.29 is 32.5 Å². The summed E-state index contributed by atoms with van der Waals surface area (Å²) in [6.45, 7) is 0. The summed E-state index contributed by atoms with van der Waals surface area (Å²) >= 11 is 4.98. The van der Waals surface area contributed by atoms with Crippen LogP contribution in [0.1, 0.15) is 0 Å². The molecule has 0 fully saturated rings. The average Bonchev–Trinajstić information content (AvgIpc) is 2.27. The molecule has 17 heavy (non-hydrogen) atoms. The number of halogens is 3. The van der Waals surface area contributed by atoms with E-state index < -0.39 is 25.7 Å². The third kappa shape index (κ3) is 7.77. The second-order valence-electron chi connectivity index (χ2n) is 2.24. The molecule has 0 N–H and O–H groups in total. The van der Waals surface area contributed by atoms with Crippen molar-refractivity contribution in [2.24, 2.45) is 0 Å². The first kappa shape index (κ1) is 17.8. The zero-order valence-corrected chi connectivity index (χ0v) is 15.4. The minimum Gasteiger partial charge on any atom is -0.351 e. The molecular formula is C6H6I3O7P. The molecule has 0 unspecified atom stereocenters. The zero-order chi connectivity index (χ0) is 13.5. The summed E-state index contributed by atoms with van der Waals surface area (Å²) in [6.07, 6.45) is 0. The van der Waals surface area contributed by atoms with Crippen LogP contribution in [0.3, 0.4) is 0 Å². The summed E-state index contributed by atoms with van der Waals surface area (Å²) in [4.78, 5) is 32.9. The maximum atomic E-state index is 11.8. The van der Waals surface area contributed by atoms with E-state index in [2.05, 4.69) is 13.6 Å². The van der Waals surface area contributed by atoms with E-state index in [4.69, 9.17) is 0 Å². The maximum absolute atomic E-state index is 11.8. The van der Waals surface area contributed by atoms with Crippen LogP contribution in [0, 0.1) is 0 Å². The average molecular weight is 602 g/mol. The summed E-state index contributed by atoms with van der Waals surface area (Å²) in [6, 6.07) is 0. The van der Waals surface area contributed by atoms with Crippen LogP contribution in [0.4, 0.5) is 0 Å². The first-order valence-corrected chi connectivity index (χ1v) is 9.85. The van der Waals surface area contributed by atoms with Crippen LogP contribution in [-0.4, -0.2) is 31.2 Å². The summed E-state index contributed by atoms with van der Waals surface area (Å²) < 4.78 is 24.5.